The second-order valence-corrected chi connectivity index (χ2v) is 9.98. The van der Waals surface area contributed by atoms with Crippen LogP contribution in [0.5, 0.6) is 5.75 Å². The maximum atomic E-state index is 12.9. The average molecular weight is 529 g/mol. The summed E-state index contributed by atoms with van der Waals surface area (Å²) in [6.07, 6.45) is 2.99. The van der Waals surface area contributed by atoms with Crippen molar-refractivity contribution in [3.05, 3.63) is 66.2 Å². The number of para-hydroxylation sites is 2. The first-order chi connectivity index (χ1) is 16.8. The number of amides is 1. The molecule has 3 N–H and O–H groups in total. The third-order valence-corrected chi connectivity index (χ3v) is 6.14. The Kier molecular flexibility index (Phi) is 8.60. The number of halogens is 1. The van der Waals surface area contributed by atoms with E-state index in [4.69, 9.17) is 9.72 Å². The summed E-state index contributed by atoms with van der Waals surface area (Å²) in [4.78, 5) is 17.8. The van der Waals surface area contributed by atoms with Crippen LogP contribution in [-0.4, -0.2) is 39.2 Å². The quantitative estimate of drug-likeness (QED) is 0.196. The second-order valence-electron chi connectivity index (χ2n) is 8.23. The highest BCUT2D eigenvalue weighted by atomic mass is 35.5. The van der Waals surface area contributed by atoms with Crippen LogP contribution in [0.15, 0.2) is 60.7 Å². The number of ether oxygens (including phenoxy) is 1. The summed E-state index contributed by atoms with van der Waals surface area (Å²) in [7, 11) is -1.91. The Balaban J connectivity index is 0.00000361. The van der Waals surface area contributed by atoms with Gasteiger partial charge in [0.2, 0.25) is 10.0 Å². The van der Waals surface area contributed by atoms with Crippen LogP contribution in [0.3, 0.4) is 0 Å². The van der Waals surface area contributed by atoms with Gasteiger partial charge in [-0.1, -0.05) is 43.7 Å². The van der Waals surface area contributed by atoms with E-state index in [0.29, 0.717) is 34.7 Å². The Morgan fingerprint density at radius 2 is 1.78 bits per heavy atom. The number of benzene rings is 3. The zero-order valence-electron chi connectivity index (χ0n) is 20.3. The number of nitrogens with one attached hydrogen (secondary N) is 3. The summed E-state index contributed by atoms with van der Waals surface area (Å²) >= 11 is 0. The molecule has 0 aliphatic carbocycles. The van der Waals surface area contributed by atoms with Gasteiger partial charge in [-0.25, -0.2) is 13.4 Å². The van der Waals surface area contributed by atoms with E-state index in [0.717, 1.165) is 41.1 Å². The predicted molar refractivity (Wildman–Crippen MR) is 148 cm³/mol. The summed E-state index contributed by atoms with van der Waals surface area (Å²) in [5.74, 6) is 0.299. The molecule has 0 saturated carbocycles. The topological polar surface area (TPSA) is 109 Å². The fourth-order valence-corrected chi connectivity index (χ4v) is 4.47. The largest absolute Gasteiger partial charge is 0.494 e. The molecule has 0 saturated heterocycles. The molecule has 1 aromatic heterocycles. The van der Waals surface area contributed by atoms with Crippen molar-refractivity contribution >= 4 is 67.2 Å². The fourth-order valence-electron chi connectivity index (χ4n) is 3.91. The first kappa shape index (κ1) is 27.0. The molecule has 190 valence electrons. The number of nitrogens with zero attached hydrogens (tertiary/aromatic N) is 1. The van der Waals surface area contributed by atoms with Crippen LogP contribution in [0.4, 0.5) is 17.1 Å². The number of carbonyl (C=O) groups excluding carboxylic acids is 1. The van der Waals surface area contributed by atoms with Gasteiger partial charge in [0.05, 0.1) is 47.0 Å². The molecule has 8 nitrogen and oxygen atoms in total. The molecule has 0 aliphatic rings. The zero-order chi connectivity index (χ0) is 25.0. The molecule has 0 aliphatic heterocycles. The maximum Gasteiger partial charge on any atom is 0.253 e. The molecule has 10 heteroatoms. The van der Waals surface area contributed by atoms with E-state index in [1.54, 1.807) is 24.3 Å². The van der Waals surface area contributed by atoms with Crippen molar-refractivity contribution in [1.29, 1.82) is 0 Å². The minimum atomic E-state index is -3.43. The molecule has 0 unspecified atom stereocenters. The van der Waals surface area contributed by atoms with Gasteiger partial charge in [-0.15, -0.1) is 12.4 Å². The van der Waals surface area contributed by atoms with Gasteiger partial charge in [-0.05, 0) is 30.7 Å². The van der Waals surface area contributed by atoms with Crippen LogP contribution in [0.2, 0.25) is 0 Å². The lowest BCUT2D eigenvalue weighted by Gasteiger charge is -2.17. The Hall–Kier alpha value is -3.56. The molecule has 36 heavy (non-hydrogen) atoms. The van der Waals surface area contributed by atoms with E-state index in [1.165, 1.54) is 7.11 Å². The first-order valence-corrected chi connectivity index (χ1v) is 13.2. The monoisotopic (exact) mass is 528 g/mol. The molecule has 1 amide bonds. The first-order valence-electron chi connectivity index (χ1n) is 11.3. The molecule has 0 spiro atoms. The van der Waals surface area contributed by atoms with E-state index in [-0.39, 0.29) is 18.3 Å². The molecule has 0 fully saturated rings. The fraction of sp³-hybridized carbons (Fsp3) is 0.231. The summed E-state index contributed by atoms with van der Waals surface area (Å²) in [6.45, 7) is 2.68. The lowest BCUT2D eigenvalue weighted by atomic mass is 10.0. The highest BCUT2D eigenvalue weighted by Crippen LogP contribution is 2.37. The number of hydrogen-bond acceptors (Lipinski definition) is 6. The Morgan fingerprint density at radius 3 is 2.50 bits per heavy atom. The van der Waals surface area contributed by atoms with E-state index in [2.05, 4.69) is 22.3 Å². The lowest BCUT2D eigenvalue weighted by molar-refractivity contribution is 0.0954. The molecule has 0 radical (unpaired) electrons. The van der Waals surface area contributed by atoms with Gasteiger partial charge in [0, 0.05) is 23.4 Å². The molecule has 0 atom stereocenters. The normalized spacial score (nSPS) is 11.1. The number of sulfonamides is 1. The number of pyridine rings is 1. The van der Waals surface area contributed by atoms with Crippen LogP contribution in [0.25, 0.3) is 21.8 Å². The smallest absolute Gasteiger partial charge is 0.253 e. The summed E-state index contributed by atoms with van der Waals surface area (Å²) in [5, 5.41) is 8.08. The number of fused-ring (bicyclic) bond motifs is 2. The van der Waals surface area contributed by atoms with Gasteiger partial charge < -0.3 is 15.4 Å². The van der Waals surface area contributed by atoms with Gasteiger partial charge in [-0.2, -0.15) is 0 Å². The zero-order valence-corrected chi connectivity index (χ0v) is 21.9. The van der Waals surface area contributed by atoms with Crippen LogP contribution in [0.1, 0.15) is 30.1 Å². The van der Waals surface area contributed by atoms with Crippen molar-refractivity contribution < 1.29 is 17.9 Å². The third kappa shape index (κ3) is 5.98. The Bertz CT molecular complexity index is 1510. The van der Waals surface area contributed by atoms with E-state index < -0.39 is 10.0 Å². The predicted octanol–water partition coefficient (Wildman–Crippen LogP) is 5.46. The van der Waals surface area contributed by atoms with E-state index in [9.17, 15) is 13.2 Å². The number of anilines is 3. The van der Waals surface area contributed by atoms with E-state index in [1.807, 2.05) is 36.4 Å². The van der Waals surface area contributed by atoms with E-state index >= 15 is 0 Å². The molecular formula is C26H29ClN4O4S. The minimum Gasteiger partial charge on any atom is -0.494 e. The van der Waals surface area contributed by atoms with Crippen molar-refractivity contribution in [3.8, 4) is 5.75 Å². The van der Waals surface area contributed by atoms with Crippen molar-refractivity contribution in [2.45, 2.75) is 19.8 Å². The molecule has 4 rings (SSSR count). The van der Waals surface area contributed by atoms with Gasteiger partial charge in [0.1, 0.15) is 5.75 Å². The molecular weight excluding hydrogens is 500 g/mol. The number of aromatic nitrogens is 1. The van der Waals surface area contributed by atoms with Crippen molar-refractivity contribution in [3.63, 3.8) is 0 Å². The molecule has 1 heterocycles. The van der Waals surface area contributed by atoms with Gasteiger partial charge in [-0.3, -0.25) is 9.52 Å². The SMILES string of the molecule is CCCCNC(=O)c1cccc2c(Nc3ccc(NS(C)(=O)=O)cc3OC)c3ccccc3nc12.Cl. The average Bonchev–Trinajstić information content (AvgIpc) is 2.83. The van der Waals surface area contributed by atoms with Crippen LogP contribution in [0, 0.1) is 0 Å². The van der Waals surface area contributed by atoms with Crippen molar-refractivity contribution in [2.75, 3.05) is 29.9 Å². The minimum absolute atomic E-state index is 0. The highest BCUT2D eigenvalue weighted by Gasteiger charge is 2.17. The summed E-state index contributed by atoms with van der Waals surface area (Å²) in [5.41, 5.74) is 3.65. The lowest BCUT2D eigenvalue weighted by Crippen LogP contribution is -2.24. The standard InChI is InChI=1S/C26H28N4O4S.ClH/c1-4-5-15-27-26(31)20-11-8-10-19-24(18-9-6-7-12-21(18)28-25(19)20)29-22-14-13-17(16-23(22)34-2)30-35(3,32)33;/h6-14,16,30H,4-5,15H2,1-3H3,(H,27,31)(H,28,29);1H. The van der Waals surface area contributed by atoms with Gasteiger partial charge in [0.25, 0.3) is 5.91 Å². The van der Waals surface area contributed by atoms with Crippen molar-refractivity contribution in [2.24, 2.45) is 0 Å². The number of unbranched alkanes of at least 4 members (excludes halogenated alkanes) is 1. The molecule has 3 aromatic carbocycles. The Labute approximate surface area is 216 Å². The molecule has 0 bridgehead atoms. The second kappa shape index (κ2) is 11.5. The van der Waals surface area contributed by atoms with Gasteiger partial charge >= 0.3 is 0 Å². The number of hydrogen-bond donors (Lipinski definition) is 3. The number of methoxy groups -OCH3 is 1. The van der Waals surface area contributed by atoms with Crippen molar-refractivity contribution in [1.82, 2.24) is 10.3 Å². The van der Waals surface area contributed by atoms with Crippen LogP contribution in [-0.2, 0) is 10.0 Å². The van der Waals surface area contributed by atoms with Gasteiger partial charge in [0.15, 0.2) is 0 Å². The Morgan fingerprint density at radius 1 is 1.03 bits per heavy atom. The number of rotatable bonds is 9. The summed E-state index contributed by atoms with van der Waals surface area (Å²) < 4.78 is 31.3. The summed E-state index contributed by atoms with van der Waals surface area (Å²) in [6, 6.07) is 18.3. The molecule has 4 aromatic rings. The third-order valence-electron chi connectivity index (χ3n) is 5.54. The van der Waals surface area contributed by atoms with Crippen LogP contribution < -0.4 is 20.1 Å². The maximum absolute atomic E-state index is 12.9. The number of carbonyl (C=O) groups is 1. The highest BCUT2D eigenvalue weighted by molar-refractivity contribution is 7.92. The van der Waals surface area contributed by atoms with Crippen LogP contribution >= 0.6 is 12.4 Å².